The molecule has 0 saturated carbocycles. The van der Waals surface area contributed by atoms with Gasteiger partial charge >= 0.3 is 6.09 Å². The van der Waals surface area contributed by atoms with E-state index in [9.17, 15) is 4.79 Å². The minimum absolute atomic E-state index is 0.525. The molecule has 3 aromatic rings. The summed E-state index contributed by atoms with van der Waals surface area (Å²) < 4.78 is 6.72. The zero-order valence-corrected chi connectivity index (χ0v) is 17.6. The lowest BCUT2D eigenvalue weighted by Gasteiger charge is -2.15. The smallest absolute Gasteiger partial charge is 0.397 e. The van der Waals surface area contributed by atoms with Crippen molar-refractivity contribution >= 4 is 40.5 Å². The van der Waals surface area contributed by atoms with E-state index in [1.807, 2.05) is 24.5 Å². The molecule has 0 atom stereocenters. The Morgan fingerprint density at radius 3 is 2.70 bits per heavy atom. The van der Waals surface area contributed by atoms with Crippen molar-refractivity contribution in [1.82, 2.24) is 10.0 Å². The number of aryl methyl sites for hydroxylation is 1. The van der Waals surface area contributed by atoms with E-state index in [4.69, 9.17) is 14.6 Å². The normalized spacial score (nSPS) is 12.4. The van der Waals surface area contributed by atoms with Gasteiger partial charge in [0.05, 0.1) is 17.0 Å². The number of hydrogen-bond acceptors (Lipinski definition) is 7. The number of nitrogens with zero attached hydrogens (tertiary/aromatic N) is 2. The molecule has 2 aromatic heterocycles. The van der Waals surface area contributed by atoms with Gasteiger partial charge in [-0.25, -0.2) is 9.78 Å². The number of amides is 1. The highest BCUT2D eigenvalue weighted by Gasteiger charge is 2.30. The summed E-state index contributed by atoms with van der Waals surface area (Å²) in [6, 6.07) is 10.2. The molecule has 0 bridgehead atoms. The highest BCUT2D eigenvalue weighted by Crippen LogP contribution is 2.51. The molecule has 1 amide bonds. The average Bonchev–Trinajstić information content (AvgIpc) is 3.29. The number of fused-ring (bicyclic) bond motifs is 3. The van der Waals surface area contributed by atoms with Crippen LogP contribution in [0, 0.1) is 0 Å². The Morgan fingerprint density at radius 2 is 2.00 bits per heavy atom. The number of carbonyl (C=O) groups is 1. The van der Waals surface area contributed by atoms with Crippen LogP contribution in [0.25, 0.3) is 21.8 Å². The molecule has 140 valence electrons. The molecule has 0 N–H and O–H groups in total. The lowest BCUT2D eigenvalue weighted by Crippen LogP contribution is -2.28. The average molecular weight is 419 g/mol. The quantitative estimate of drug-likeness (QED) is 0.422. The second kappa shape index (κ2) is 7.63. The summed E-state index contributed by atoms with van der Waals surface area (Å²) in [5.41, 5.74) is 4.35. The van der Waals surface area contributed by atoms with Gasteiger partial charge in [0.2, 0.25) is 0 Å². The fourth-order valence-electron chi connectivity index (χ4n) is 2.99. The zero-order valence-electron chi connectivity index (χ0n) is 15.1. The summed E-state index contributed by atoms with van der Waals surface area (Å²) in [4.78, 5) is 23.3. The molecule has 0 radical (unpaired) electrons. The van der Waals surface area contributed by atoms with Crippen LogP contribution in [0.2, 0.25) is 0 Å². The minimum atomic E-state index is -0.525. The van der Waals surface area contributed by atoms with Crippen LogP contribution in [-0.4, -0.2) is 36.6 Å². The van der Waals surface area contributed by atoms with Crippen LogP contribution in [0.4, 0.5) is 4.79 Å². The molecule has 0 aliphatic heterocycles. The summed E-state index contributed by atoms with van der Waals surface area (Å²) in [5, 5.41) is 2.75. The standard InChI is InChI=1S/C19H18N2O3S3/c1-21(23-2)19(22)24-17-12-9-10-13-15(14(12)18(25-3)27-17)20-16(26-13)11-7-5-4-6-8-11/h4-8H,9-10H2,1-3H3. The number of thiophene rings is 1. The monoisotopic (exact) mass is 418 g/mol. The van der Waals surface area contributed by atoms with Gasteiger partial charge in [-0.2, -0.15) is 5.06 Å². The first-order valence-electron chi connectivity index (χ1n) is 8.37. The number of rotatable bonds is 4. The maximum Gasteiger partial charge on any atom is 0.439 e. The third-order valence-electron chi connectivity index (χ3n) is 4.39. The van der Waals surface area contributed by atoms with E-state index in [1.165, 1.54) is 30.4 Å². The third kappa shape index (κ3) is 3.38. The number of carbonyl (C=O) groups excluding carboxylic acids is 1. The molecule has 2 heterocycles. The molecular weight excluding hydrogens is 400 g/mol. The largest absolute Gasteiger partial charge is 0.439 e. The number of benzene rings is 1. The van der Waals surface area contributed by atoms with Crippen molar-refractivity contribution < 1.29 is 14.4 Å². The Labute approximate surface area is 169 Å². The summed E-state index contributed by atoms with van der Waals surface area (Å²) in [7, 11) is 2.97. The third-order valence-corrected chi connectivity index (χ3v) is 7.78. The van der Waals surface area contributed by atoms with Crippen LogP contribution in [-0.2, 0) is 17.7 Å². The van der Waals surface area contributed by atoms with E-state index in [-0.39, 0.29) is 0 Å². The van der Waals surface area contributed by atoms with Gasteiger partial charge in [0.15, 0.2) is 5.06 Å². The molecular formula is C19H18N2O3S3. The van der Waals surface area contributed by atoms with Crippen molar-refractivity contribution in [3.63, 3.8) is 0 Å². The minimum Gasteiger partial charge on any atom is -0.397 e. The van der Waals surface area contributed by atoms with E-state index in [0.717, 1.165) is 49.5 Å². The molecule has 0 spiro atoms. The number of aromatic nitrogens is 1. The fraction of sp³-hybridized carbons (Fsp3) is 0.263. The maximum atomic E-state index is 12.1. The van der Waals surface area contributed by atoms with Gasteiger partial charge in [-0.1, -0.05) is 41.7 Å². The molecule has 8 heteroatoms. The van der Waals surface area contributed by atoms with Gasteiger partial charge < -0.3 is 4.74 Å². The Balaban J connectivity index is 1.75. The summed E-state index contributed by atoms with van der Waals surface area (Å²) in [6.07, 6.45) is 3.26. The summed E-state index contributed by atoms with van der Waals surface area (Å²) in [6.45, 7) is 0. The highest BCUT2D eigenvalue weighted by molar-refractivity contribution is 8.00. The molecule has 27 heavy (non-hydrogen) atoms. The van der Waals surface area contributed by atoms with Crippen molar-refractivity contribution in [3.8, 4) is 26.9 Å². The second-order valence-electron chi connectivity index (χ2n) is 5.94. The summed E-state index contributed by atoms with van der Waals surface area (Å²) in [5.74, 6) is 0. The molecule has 1 aromatic carbocycles. The predicted octanol–water partition coefficient (Wildman–Crippen LogP) is 5.35. The zero-order chi connectivity index (χ0) is 19.0. The van der Waals surface area contributed by atoms with Crippen molar-refractivity contribution in [2.45, 2.75) is 17.1 Å². The SMILES string of the molecule is CON(C)C(=O)Oc1sc(SC)c2c1CCc1sc(-c3ccccc3)nc1-2. The molecule has 1 aliphatic carbocycles. The number of hydroxylamine groups is 2. The number of thioether (sulfide) groups is 1. The Hall–Kier alpha value is -1.87. The topological polar surface area (TPSA) is 51.7 Å². The number of thiazole rings is 1. The molecule has 5 nitrogen and oxygen atoms in total. The predicted molar refractivity (Wildman–Crippen MR) is 111 cm³/mol. The van der Waals surface area contributed by atoms with Crippen molar-refractivity contribution in [2.75, 3.05) is 20.4 Å². The van der Waals surface area contributed by atoms with Gasteiger partial charge in [0.1, 0.15) is 5.01 Å². The van der Waals surface area contributed by atoms with E-state index >= 15 is 0 Å². The Morgan fingerprint density at radius 1 is 1.22 bits per heavy atom. The van der Waals surface area contributed by atoms with Gasteiger partial charge in [0.25, 0.3) is 0 Å². The summed E-state index contributed by atoms with van der Waals surface area (Å²) >= 11 is 4.91. The van der Waals surface area contributed by atoms with Crippen LogP contribution in [0.5, 0.6) is 5.06 Å². The molecule has 1 aliphatic rings. The Kier molecular flexibility index (Phi) is 5.23. The van der Waals surface area contributed by atoms with Crippen molar-refractivity contribution in [2.24, 2.45) is 0 Å². The molecule has 0 saturated heterocycles. The highest BCUT2D eigenvalue weighted by atomic mass is 32.2. The lowest BCUT2D eigenvalue weighted by molar-refractivity contribution is -0.0788. The van der Waals surface area contributed by atoms with Crippen LogP contribution < -0.4 is 4.74 Å². The van der Waals surface area contributed by atoms with Gasteiger partial charge in [-0.05, 0) is 19.1 Å². The lowest BCUT2D eigenvalue weighted by atomic mass is 9.97. The van der Waals surface area contributed by atoms with Crippen LogP contribution >= 0.6 is 34.4 Å². The van der Waals surface area contributed by atoms with Crippen LogP contribution in [0.3, 0.4) is 0 Å². The van der Waals surface area contributed by atoms with Gasteiger partial charge in [-0.3, -0.25) is 4.84 Å². The van der Waals surface area contributed by atoms with E-state index < -0.39 is 6.09 Å². The number of ether oxygens (including phenoxy) is 1. The molecule has 0 unspecified atom stereocenters. The van der Waals surface area contributed by atoms with E-state index in [0.29, 0.717) is 5.06 Å². The maximum absolute atomic E-state index is 12.1. The van der Waals surface area contributed by atoms with E-state index in [1.54, 1.807) is 23.1 Å². The van der Waals surface area contributed by atoms with Gasteiger partial charge in [-0.15, -0.1) is 23.1 Å². The molecule has 0 fully saturated rings. The number of hydrogen-bond donors (Lipinski definition) is 0. The van der Waals surface area contributed by atoms with Crippen LogP contribution in [0.1, 0.15) is 10.4 Å². The van der Waals surface area contributed by atoms with Crippen LogP contribution in [0.15, 0.2) is 34.5 Å². The Bertz CT molecular complexity index is 982. The van der Waals surface area contributed by atoms with Crippen molar-refractivity contribution in [3.05, 3.63) is 40.8 Å². The molecule has 4 rings (SSSR count). The van der Waals surface area contributed by atoms with Crippen molar-refractivity contribution in [1.29, 1.82) is 0 Å². The first-order valence-corrected chi connectivity index (χ1v) is 11.2. The first kappa shape index (κ1) is 18.5. The van der Waals surface area contributed by atoms with Gasteiger partial charge in [0, 0.05) is 28.6 Å². The fourth-order valence-corrected chi connectivity index (χ4v) is 5.98. The first-order chi connectivity index (χ1) is 13.1. The van der Waals surface area contributed by atoms with E-state index in [2.05, 4.69) is 12.1 Å². The second-order valence-corrected chi connectivity index (χ2v) is 9.08.